The van der Waals surface area contributed by atoms with Gasteiger partial charge >= 0.3 is 0 Å². The molecule has 24 heavy (non-hydrogen) atoms. The molecule has 4 rings (SSSR count). The Balaban J connectivity index is 1.82. The van der Waals surface area contributed by atoms with Crippen molar-refractivity contribution in [3.63, 3.8) is 0 Å². The monoisotopic (exact) mass is 337 g/mol. The molecule has 130 valence electrons. The summed E-state index contributed by atoms with van der Waals surface area (Å²) in [6, 6.07) is 0. The summed E-state index contributed by atoms with van der Waals surface area (Å²) in [5, 5.41) is 19.8. The van der Waals surface area contributed by atoms with Crippen LogP contribution in [0.2, 0.25) is 0 Å². The Morgan fingerprint density at radius 3 is 2.75 bits per heavy atom. The maximum Gasteiger partial charge on any atom is 0.168 e. The second-order valence-electron chi connectivity index (χ2n) is 6.60. The van der Waals surface area contributed by atoms with Gasteiger partial charge in [-0.1, -0.05) is 0 Å². The highest BCUT2D eigenvalue weighted by atomic mass is 19.1. The molecule has 0 radical (unpaired) electrons. The summed E-state index contributed by atoms with van der Waals surface area (Å²) in [5.74, 6) is 1.31. The van der Waals surface area contributed by atoms with Crippen molar-refractivity contribution in [1.29, 1.82) is 0 Å². The molecule has 2 saturated heterocycles. The van der Waals surface area contributed by atoms with Crippen molar-refractivity contribution in [3.05, 3.63) is 12.2 Å². The van der Waals surface area contributed by atoms with E-state index >= 15 is 0 Å². The van der Waals surface area contributed by atoms with Crippen LogP contribution in [-0.2, 0) is 4.74 Å². The van der Waals surface area contributed by atoms with Gasteiger partial charge in [-0.15, -0.1) is 0 Å². The van der Waals surface area contributed by atoms with Crippen molar-refractivity contribution in [2.75, 3.05) is 24.6 Å². The van der Waals surface area contributed by atoms with Gasteiger partial charge in [-0.25, -0.2) is 19.3 Å². The Hall–Kier alpha value is -1.84. The number of hydrogen-bond donors (Lipinski definition) is 2. The van der Waals surface area contributed by atoms with E-state index in [0.717, 1.165) is 25.3 Å². The second kappa shape index (κ2) is 5.33. The zero-order chi connectivity index (χ0) is 17.1. The van der Waals surface area contributed by atoms with E-state index in [1.165, 1.54) is 17.8 Å². The summed E-state index contributed by atoms with van der Waals surface area (Å²) in [6.45, 7) is 4.45. The third-order valence-electron chi connectivity index (χ3n) is 4.79. The summed E-state index contributed by atoms with van der Waals surface area (Å²) in [7, 11) is 0. The molecule has 2 aromatic rings. The van der Waals surface area contributed by atoms with Gasteiger partial charge in [0, 0.05) is 13.1 Å². The number of hydrogen-bond acceptors (Lipinski definition) is 7. The summed E-state index contributed by atoms with van der Waals surface area (Å²) >= 11 is 0. The Morgan fingerprint density at radius 1 is 1.42 bits per heavy atom. The summed E-state index contributed by atoms with van der Waals surface area (Å²) < 4.78 is 21.4. The standard InChI is InChI=1S/C15H20FN5O3/c1-8-18-12(20-4-3-5-20)10-13(19-8)21(7-17-10)14-15(2,23)11(16)9(6-22)24-14/h7,9,11,14,22-23H,3-6H2,1-2H3/t9-,11-,14-,15-/m1/s1. The van der Waals surface area contributed by atoms with Gasteiger partial charge < -0.3 is 19.8 Å². The molecule has 0 aromatic carbocycles. The minimum atomic E-state index is -1.79. The number of ether oxygens (including phenoxy) is 1. The number of halogens is 1. The van der Waals surface area contributed by atoms with Crippen molar-refractivity contribution in [2.24, 2.45) is 0 Å². The molecule has 2 aliphatic heterocycles. The molecule has 0 unspecified atom stereocenters. The Labute approximate surface area is 137 Å². The minimum Gasteiger partial charge on any atom is -0.394 e. The molecule has 0 aliphatic carbocycles. The highest BCUT2D eigenvalue weighted by molar-refractivity contribution is 5.84. The third-order valence-corrected chi connectivity index (χ3v) is 4.79. The third kappa shape index (κ3) is 2.11. The lowest BCUT2D eigenvalue weighted by atomic mass is 9.98. The number of alkyl halides is 1. The van der Waals surface area contributed by atoms with Gasteiger partial charge in [0.25, 0.3) is 0 Å². The summed E-state index contributed by atoms with van der Waals surface area (Å²) in [6.07, 6.45) is -1.22. The Morgan fingerprint density at radius 2 is 2.17 bits per heavy atom. The molecular weight excluding hydrogens is 317 g/mol. The smallest absolute Gasteiger partial charge is 0.168 e. The van der Waals surface area contributed by atoms with Crippen LogP contribution in [0, 0.1) is 6.92 Å². The lowest BCUT2D eigenvalue weighted by Gasteiger charge is -2.32. The molecule has 9 heteroatoms. The molecule has 0 amide bonds. The highest BCUT2D eigenvalue weighted by Crippen LogP contribution is 2.41. The predicted molar refractivity (Wildman–Crippen MR) is 83.4 cm³/mol. The number of imidazole rings is 1. The molecule has 0 bridgehead atoms. The fourth-order valence-electron chi connectivity index (χ4n) is 3.30. The van der Waals surface area contributed by atoms with Gasteiger partial charge in [0.15, 0.2) is 29.4 Å². The van der Waals surface area contributed by atoms with Crippen LogP contribution in [0.3, 0.4) is 0 Å². The highest BCUT2D eigenvalue weighted by Gasteiger charge is 2.54. The van der Waals surface area contributed by atoms with Crippen LogP contribution in [0.5, 0.6) is 0 Å². The van der Waals surface area contributed by atoms with E-state index < -0.39 is 30.7 Å². The second-order valence-corrected chi connectivity index (χ2v) is 6.60. The van der Waals surface area contributed by atoms with Gasteiger partial charge in [0.1, 0.15) is 17.5 Å². The van der Waals surface area contributed by atoms with Gasteiger partial charge in [0.2, 0.25) is 0 Å². The number of rotatable bonds is 3. The van der Waals surface area contributed by atoms with Gasteiger partial charge in [-0.3, -0.25) is 4.57 Å². The van der Waals surface area contributed by atoms with Crippen LogP contribution in [-0.4, -0.2) is 67.3 Å². The lowest BCUT2D eigenvalue weighted by Crippen LogP contribution is -2.41. The lowest BCUT2D eigenvalue weighted by molar-refractivity contribution is -0.0892. The molecule has 2 aliphatic rings. The normalized spacial score (nSPS) is 33.2. The maximum absolute atomic E-state index is 14.3. The van der Waals surface area contributed by atoms with E-state index in [1.54, 1.807) is 6.92 Å². The fourth-order valence-corrected chi connectivity index (χ4v) is 3.30. The average molecular weight is 337 g/mol. The number of aliphatic hydroxyl groups is 2. The largest absolute Gasteiger partial charge is 0.394 e. The van der Waals surface area contributed by atoms with Crippen LogP contribution >= 0.6 is 0 Å². The van der Waals surface area contributed by atoms with Crippen LogP contribution in [0.25, 0.3) is 11.2 Å². The Kier molecular flexibility index (Phi) is 3.48. The van der Waals surface area contributed by atoms with Gasteiger partial charge in [0.05, 0.1) is 12.9 Å². The van der Waals surface area contributed by atoms with Crippen LogP contribution < -0.4 is 4.90 Å². The topological polar surface area (TPSA) is 96.5 Å². The first-order chi connectivity index (χ1) is 11.4. The van der Waals surface area contributed by atoms with E-state index in [4.69, 9.17) is 4.74 Å². The predicted octanol–water partition coefficient (Wildman–Crippen LogP) is 0.324. The molecule has 8 nitrogen and oxygen atoms in total. The first kappa shape index (κ1) is 15.7. The van der Waals surface area contributed by atoms with Crippen LogP contribution in [0.1, 0.15) is 25.4 Å². The molecule has 0 spiro atoms. The van der Waals surface area contributed by atoms with E-state index in [1.807, 2.05) is 0 Å². The van der Waals surface area contributed by atoms with Gasteiger partial charge in [-0.2, -0.15) is 0 Å². The zero-order valence-electron chi connectivity index (χ0n) is 13.6. The number of nitrogens with zero attached hydrogens (tertiary/aromatic N) is 5. The maximum atomic E-state index is 14.3. The minimum absolute atomic E-state index is 0.487. The van der Waals surface area contributed by atoms with Crippen molar-refractivity contribution in [1.82, 2.24) is 19.5 Å². The molecule has 4 atom stereocenters. The summed E-state index contributed by atoms with van der Waals surface area (Å²) in [5.41, 5.74) is -0.709. The van der Waals surface area contributed by atoms with Crippen molar-refractivity contribution < 1.29 is 19.3 Å². The number of anilines is 1. The fraction of sp³-hybridized carbons (Fsp3) is 0.667. The first-order valence-electron chi connectivity index (χ1n) is 8.02. The SMILES string of the molecule is Cc1nc(N2CCC2)c2ncn([C@@H]3O[C@H](CO)[C@@H](F)[C@@]3(C)O)c2n1. The van der Waals surface area contributed by atoms with Gasteiger partial charge in [-0.05, 0) is 20.3 Å². The van der Waals surface area contributed by atoms with E-state index in [-0.39, 0.29) is 0 Å². The molecular formula is C15H20FN5O3. The molecule has 0 saturated carbocycles. The van der Waals surface area contributed by atoms with Crippen molar-refractivity contribution in [2.45, 2.75) is 44.4 Å². The number of aromatic nitrogens is 4. The first-order valence-corrected chi connectivity index (χ1v) is 8.02. The number of aliphatic hydroxyl groups excluding tert-OH is 1. The summed E-state index contributed by atoms with van der Waals surface area (Å²) in [4.78, 5) is 15.4. The van der Waals surface area contributed by atoms with Crippen LogP contribution in [0.15, 0.2) is 6.33 Å². The van der Waals surface area contributed by atoms with E-state index in [0.29, 0.717) is 17.0 Å². The van der Waals surface area contributed by atoms with Crippen LogP contribution in [0.4, 0.5) is 10.2 Å². The quantitative estimate of drug-likeness (QED) is 0.833. The zero-order valence-corrected chi connectivity index (χ0v) is 13.6. The molecule has 2 N–H and O–H groups in total. The molecule has 2 fully saturated rings. The Bertz CT molecular complexity index is 776. The molecule has 2 aromatic heterocycles. The van der Waals surface area contributed by atoms with E-state index in [2.05, 4.69) is 19.9 Å². The van der Waals surface area contributed by atoms with Crippen molar-refractivity contribution >= 4 is 17.0 Å². The van der Waals surface area contributed by atoms with E-state index in [9.17, 15) is 14.6 Å². The van der Waals surface area contributed by atoms with Crippen molar-refractivity contribution in [3.8, 4) is 0 Å². The molecule has 4 heterocycles. The number of fused-ring (bicyclic) bond motifs is 1. The number of aryl methyl sites for hydroxylation is 1. The average Bonchev–Trinajstić information content (AvgIpc) is 2.98.